The molecule has 0 unspecified atom stereocenters. The number of carbonyl (C=O) groups excluding carboxylic acids is 1. The Labute approximate surface area is 105 Å². The minimum absolute atomic E-state index is 0.273. The predicted octanol–water partition coefficient (Wildman–Crippen LogP) is 1.85. The number of benzene rings is 1. The van der Waals surface area contributed by atoms with Gasteiger partial charge in [-0.2, -0.15) is 5.26 Å². The number of carbonyl (C=O) groups is 1. The zero-order chi connectivity index (χ0) is 13.1. The van der Waals surface area contributed by atoms with Crippen molar-refractivity contribution in [2.75, 3.05) is 5.32 Å². The minimum Gasteiger partial charge on any atom is -0.321 e. The van der Waals surface area contributed by atoms with Crippen LogP contribution >= 0.6 is 0 Å². The Morgan fingerprint density at radius 1 is 1.39 bits per heavy atom. The summed E-state index contributed by atoms with van der Waals surface area (Å²) in [5.74, 6) is 0.700. The van der Waals surface area contributed by atoms with Crippen molar-refractivity contribution in [2.45, 2.75) is 6.92 Å². The lowest BCUT2D eigenvalue weighted by Gasteiger charge is -2.02. The summed E-state index contributed by atoms with van der Waals surface area (Å²) in [5.41, 5.74) is 0.876. The van der Waals surface area contributed by atoms with Crippen LogP contribution in [-0.4, -0.2) is 15.5 Å². The van der Waals surface area contributed by atoms with Gasteiger partial charge in [0.1, 0.15) is 11.9 Å². The second-order valence-corrected chi connectivity index (χ2v) is 3.85. The van der Waals surface area contributed by atoms with Crippen LogP contribution in [0.2, 0.25) is 0 Å². The zero-order valence-corrected chi connectivity index (χ0v) is 10.1. The van der Waals surface area contributed by atoms with Crippen LogP contribution in [0.5, 0.6) is 0 Å². The molecular weight excluding hydrogens is 228 g/mol. The number of imidazole rings is 1. The van der Waals surface area contributed by atoms with Crippen LogP contribution in [0.3, 0.4) is 0 Å². The van der Waals surface area contributed by atoms with Crippen molar-refractivity contribution in [3.8, 4) is 6.07 Å². The van der Waals surface area contributed by atoms with E-state index in [9.17, 15) is 4.79 Å². The van der Waals surface area contributed by atoms with Crippen LogP contribution < -0.4 is 5.32 Å². The number of nitrogens with zero attached hydrogens (tertiary/aromatic N) is 3. The number of nitriles is 1. The molecule has 0 saturated carbocycles. The number of aromatic nitrogens is 2. The van der Waals surface area contributed by atoms with E-state index in [0.717, 1.165) is 0 Å². The first-order valence-corrected chi connectivity index (χ1v) is 5.43. The number of rotatable bonds is 2. The number of anilines is 1. The Hall–Kier alpha value is -2.61. The van der Waals surface area contributed by atoms with E-state index in [0.29, 0.717) is 22.9 Å². The van der Waals surface area contributed by atoms with Gasteiger partial charge in [0.25, 0.3) is 5.91 Å². The van der Waals surface area contributed by atoms with E-state index in [2.05, 4.69) is 10.3 Å². The normalized spacial score (nSPS) is 9.83. The van der Waals surface area contributed by atoms with Crippen LogP contribution in [0, 0.1) is 18.3 Å². The smallest absolute Gasteiger partial charge is 0.256 e. The summed E-state index contributed by atoms with van der Waals surface area (Å²) in [4.78, 5) is 16.1. The molecule has 1 heterocycles. The van der Waals surface area contributed by atoms with Crippen LogP contribution in [0.15, 0.2) is 30.3 Å². The van der Waals surface area contributed by atoms with Gasteiger partial charge in [0.05, 0.1) is 0 Å². The van der Waals surface area contributed by atoms with Crippen LogP contribution in [0.25, 0.3) is 0 Å². The monoisotopic (exact) mass is 240 g/mol. The molecule has 0 fully saturated rings. The van der Waals surface area contributed by atoms with Gasteiger partial charge in [-0.1, -0.05) is 18.2 Å². The van der Waals surface area contributed by atoms with Crippen molar-refractivity contribution < 1.29 is 4.79 Å². The van der Waals surface area contributed by atoms with Gasteiger partial charge in [-0.25, -0.2) is 4.98 Å². The fourth-order valence-corrected chi connectivity index (χ4v) is 1.59. The molecule has 0 bridgehead atoms. The molecule has 1 aromatic heterocycles. The van der Waals surface area contributed by atoms with Crippen molar-refractivity contribution in [1.82, 2.24) is 9.55 Å². The van der Waals surface area contributed by atoms with Gasteiger partial charge >= 0.3 is 0 Å². The van der Waals surface area contributed by atoms with Gasteiger partial charge in [0.2, 0.25) is 0 Å². The van der Waals surface area contributed by atoms with E-state index in [1.54, 1.807) is 42.8 Å². The molecule has 2 aromatic rings. The summed E-state index contributed by atoms with van der Waals surface area (Å²) in [7, 11) is 1.74. The molecule has 5 heteroatoms. The van der Waals surface area contributed by atoms with Crippen molar-refractivity contribution in [2.24, 2.45) is 7.05 Å². The largest absolute Gasteiger partial charge is 0.321 e. The summed E-state index contributed by atoms with van der Waals surface area (Å²) in [6.45, 7) is 1.78. The summed E-state index contributed by atoms with van der Waals surface area (Å²) < 4.78 is 1.64. The van der Waals surface area contributed by atoms with E-state index in [1.165, 1.54) is 0 Å². The van der Waals surface area contributed by atoms with Gasteiger partial charge in [-0.15, -0.1) is 0 Å². The maximum atomic E-state index is 11.9. The first-order chi connectivity index (χ1) is 8.63. The summed E-state index contributed by atoms with van der Waals surface area (Å²) >= 11 is 0. The van der Waals surface area contributed by atoms with Gasteiger partial charge in [-0.3, -0.25) is 4.79 Å². The highest BCUT2D eigenvalue weighted by atomic mass is 16.1. The molecule has 18 heavy (non-hydrogen) atoms. The predicted molar refractivity (Wildman–Crippen MR) is 67.1 cm³/mol. The molecule has 0 spiro atoms. The second kappa shape index (κ2) is 4.72. The van der Waals surface area contributed by atoms with Gasteiger partial charge in [-0.05, 0) is 19.1 Å². The highest BCUT2D eigenvalue weighted by molar-refractivity contribution is 6.04. The Morgan fingerprint density at radius 2 is 2.06 bits per heavy atom. The quantitative estimate of drug-likeness (QED) is 0.870. The van der Waals surface area contributed by atoms with Gasteiger partial charge < -0.3 is 9.88 Å². The van der Waals surface area contributed by atoms with E-state index < -0.39 is 0 Å². The highest BCUT2D eigenvalue weighted by Crippen LogP contribution is 2.15. The number of hydrogen-bond donors (Lipinski definition) is 1. The Kier molecular flexibility index (Phi) is 3.11. The Bertz CT molecular complexity index is 622. The SMILES string of the molecule is Cc1nc(NC(=O)c2ccccc2)c(C#N)n1C. The third-order valence-corrected chi connectivity index (χ3v) is 2.69. The molecule has 0 aliphatic rings. The van der Waals surface area contributed by atoms with Crippen LogP contribution in [0.4, 0.5) is 5.82 Å². The van der Waals surface area contributed by atoms with Crippen molar-refractivity contribution >= 4 is 11.7 Å². The molecule has 1 amide bonds. The molecular formula is C13H12N4O. The standard InChI is InChI=1S/C13H12N4O/c1-9-15-12(11(8-14)17(9)2)16-13(18)10-6-4-3-5-7-10/h3-7H,1-2H3,(H,16,18). The number of nitrogens with one attached hydrogen (secondary N) is 1. The van der Waals surface area contributed by atoms with E-state index in [1.807, 2.05) is 12.1 Å². The molecule has 2 rings (SSSR count). The number of amides is 1. The lowest BCUT2D eigenvalue weighted by molar-refractivity contribution is 0.102. The van der Waals surface area contributed by atoms with Crippen molar-refractivity contribution in [1.29, 1.82) is 5.26 Å². The van der Waals surface area contributed by atoms with Crippen molar-refractivity contribution in [3.05, 3.63) is 47.4 Å². The van der Waals surface area contributed by atoms with E-state index in [4.69, 9.17) is 5.26 Å². The minimum atomic E-state index is -0.273. The molecule has 90 valence electrons. The number of aryl methyl sites for hydroxylation is 1. The molecule has 1 aromatic carbocycles. The second-order valence-electron chi connectivity index (χ2n) is 3.85. The molecule has 0 aliphatic heterocycles. The van der Waals surface area contributed by atoms with E-state index >= 15 is 0 Å². The Balaban J connectivity index is 2.28. The fraction of sp³-hybridized carbons (Fsp3) is 0.154. The Morgan fingerprint density at radius 3 is 2.67 bits per heavy atom. The molecule has 0 saturated heterocycles. The average Bonchev–Trinajstić information content (AvgIpc) is 2.65. The number of hydrogen-bond acceptors (Lipinski definition) is 3. The summed E-state index contributed by atoms with van der Waals surface area (Å²) in [6.07, 6.45) is 0. The molecule has 1 N–H and O–H groups in total. The third-order valence-electron chi connectivity index (χ3n) is 2.69. The molecule has 0 aliphatic carbocycles. The first kappa shape index (κ1) is 11.9. The topological polar surface area (TPSA) is 70.7 Å². The van der Waals surface area contributed by atoms with Crippen molar-refractivity contribution in [3.63, 3.8) is 0 Å². The lowest BCUT2D eigenvalue weighted by Crippen LogP contribution is -2.13. The zero-order valence-electron chi connectivity index (χ0n) is 10.1. The highest BCUT2D eigenvalue weighted by Gasteiger charge is 2.14. The van der Waals surface area contributed by atoms with Crippen LogP contribution in [-0.2, 0) is 7.05 Å². The van der Waals surface area contributed by atoms with Gasteiger partial charge in [0, 0.05) is 12.6 Å². The maximum Gasteiger partial charge on any atom is 0.256 e. The maximum absolute atomic E-state index is 11.9. The van der Waals surface area contributed by atoms with Gasteiger partial charge in [0.15, 0.2) is 11.5 Å². The third kappa shape index (κ3) is 2.09. The molecule has 0 radical (unpaired) electrons. The lowest BCUT2D eigenvalue weighted by atomic mass is 10.2. The van der Waals surface area contributed by atoms with Crippen LogP contribution in [0.1, 0.15) is 21.9 Å². The summed E-state index contributed by atoms with van der Waals surface area (Å²) in [6, 6.07) is 10.8. The summed E-state index contributed by atoms with van der Waals surface area (Å²) in [5, 5.41) is 11.7. The van der Waals surface area contributed by atoms with E-state index in [-0.39, 0.29) is 5.91 Å². The average molecular weight is 240 g/mol. The fourth-order valence-electron chi connectivity index (χ4n) is 1.59. The molecule has 5 nitrogen and oxygen atoms in total. The molecule has 0 atom stereocenters. The first-order valence-electron chi connectivity index (χ1n) is 5.43.